The van der Waals surface area contributed by atoms with E-state index in [2.05, 4.69) is 39.1 Å². The van der Waals surface area contributed by atoms with Gasteiger partial charge in [-0.1, -0.05) is 13.8 Å². The summed E-state index contributed by atoms with van der Waals surface area (Å²) in [5.41, 5.74) is 1.96. The number of nitrogens with one attached hydrogen (secondary N) is 2. The highest BCUT2D eigenvalue weighted by molar-refractivity contribution is 7.18. The normalized spacial score (nSPS) is 11.6. The first kappa shape index (κ1) is 17.7. The number of thiophene rings is 1. The molecule has 0 aliphatic carbocycles. The van der Waals surface area contributed by atoms with Gasteiger partial charge < -0.3 is 10.3 Å². The fourth-order valence-electron chi connectivity index (χ4n) is 2.63. The topological polar surface area (TPSA) is 83.6 Å². The van der Waals surface area contributed by atoms with Crippen molar-refractivity contribution in [2.45, 2.75) is 46.6 Å². The molecule has 3 rings (SSSR count). The summed E-state index contributed by atoms with van der Waals surface area (Å²) in [5.74, 6) is 1.90. The fourth-order valence-corrected chi connectivity index (χ4v) is 3.68. The molecular weight excluding hydrogens is 334 g/mol. The molecule has 3 aromatic heterocycles. The van der Waals surface area contributed by atoms with Gasteiger partial charge in [-0.3, -0.25) is 4.79 Å². The van der Waals surface area contributed by atoms with Gasteiger partial charge in [0.05, 0.1) is 11.1 Å². The maximum absolute atomic E-state index is 12.3. The van der Waals surface area contributed by atoms with Crippen LogP contribution in [0.4, 0.5) is 0 Å². The van der Waals surface area contributed by atoms with E-state index in [-0.39, 0.29) is 5.56 Å². The molecule has 0 bridgehead atoms. The molecule has 2 N–H and O–H groups in total. The summed E-state index contributed by atoms with van der Waals surface area (Å²) in [4.78, 5) is 30.5. The molecule has 25 heavy (non-hydrogen) atoms. The highest BCUT2D eigenvalue weighted by Gasteiger charge is 2.11. The van der Waals surface area contributed by atoms with Gasteiger partial charge in [0.2, 0.25) is 0 Å². The molecule has 0 unspecified atom stereocenters. The SMILES string of the molecule is Cc1sc2nc(CCNCc3ccnc(C(C)C)n3)[nH]c(=O)c2c1C. The number of nitrogens with zero attached hydrogens (tertiary/aromatic N) is 3. The Labute approximate surface area is 150 Å². The molecule has 0 aromatic carbocycles. The van der Waals surface area contributed by atoms with Crippen molar-refractivity contribution in [3.63, 3.8) is 0 Å². The Bertz CT molecular complexity index is 944. The van der Waals surface area contributed by atoms with Gasteiger partial charge in [0.15, 0.2) is 0 Å². The maximum Gasteiger partial charge on any atom is 0.259 e. The third-order valence-electron chi connectivity index (χ3n) is 4.18. The van der Waals surface area contributed by atoms with E-state index in [4.69, 9.17) is 0 Å². The van der Waals surface area contributed by atoms with Crippen LogP contribution < -0.4 is 10.9 Å². The van der Waals surface area contributed by atoms with Crippen LogP contribution in [0, 0.1) is 13.8 Å². The average Bonchev–Trinajstić information content (AvgIpc) is 2.86. The van der Waals surface area contributed by atoms with Crippen molar-refractivity contribution in [1.82, 2.24) is 25.3 Å². The summed E-state index contributed by atoms with van der Waals surface area (Å²) >= 11 is 1.58. The van der Waals surface area contributed by atoms with Crippen LogP contribution in [0.3, 0.4) is 0 Å². The van der Waals surface area contributed by atoms with Gasteiger partial charge in [0.25, 0.3) is 5.56 Å². The molecular formula is C18H23N5OS. The van der Waals surface area contributed by atoms with Crippen LogP contribution in [0.1, 0.15) is 47.5 Å². The van der Waals surface area contributed by atoms with Crippen LogP contribution in [0.15, 0.2) is 17.1 Å². The van der Waals surface area contributed by atoms with E-state index in [1.54, 1.807) is 17.5 Å². The van der Waals surface area contributed by atoms with Gasteiger partial charge in [-0.25, -0.2) is 15.0 Å². The molecule has 3 aromatic rings. The minimum absolute atomic E-state index is 0.0424. The molecule has 0 fully saturated rings. The first-order chi connectivity index (χ1) is 12.0. The van der Waals surface area contributed by atoms with E-state index in [0.29, 0.717) is 18.9 Å². The minimum Gasteiger partial charge on any atom is -0.311 e. The zero-order valence-corrected chi connectivity index (χ0v) is 15.8. The van der Waals surface area contributed by atoms with Crippen LogP contribution >= 0.6 is 11.3 Å². The molecule has 0 amide bonds. The third-order valence-corrected chi connectivity index (χ3v) is 5.28. The molecule has 3 heterocycles. The Kier molecular flexibility index (Phi) is 5.24. The quantitative estimate of drug-likeness (QED) is 0.663. The molecule has 0 aliphatic rings. The fraction of sp³-hybridized carbons (Fsp3) is 0.444. The molecule has 0 atom stereocenters. The molecule has 6 nitrogen and oxygen atoms in total. The van der Waals surface area contributed by atoms with Gasteiger partial charge in [-0.15, -0.1) is 11.3 Å². The molecule has 7 heteroatoms. The molecule has 0 saturated carbocycles. The predicted octanol–water partition coefficient (Wildman–Crippen LogP) is 2.85. The summed E-state index contributed by atoms with van der Waals surface area (Å²) in [7, 11) is 0. The van der Waals surface area contributed by atoms with E-state index >= 15 is 0 Å². The highest BCUT2D eigenvalue weighted by atomic mass is 32.1. The Morgan fingerprint density at radius 3 is 2.84 bits per heavy atom. The van der Waals surface area contributed by atoms with Crippen LogP contribution in [0.25, 0.3) is 10.2 Å². The van der Waals surface area contributed by atoms with Crippen molar-refractivity contribution in [3.05, 3.63) is 50.4 Å². The van der Waals surface area contributed by atoms with Crippen molar-refractivity contribution in [3.8, 4) is 0 Å². The first-order valence-corrected chi connectivity index (χ1v) is 9.28. The zero-order chi connectivity index (χ0) is 18.0. The van der Waals surface area contributed by atoms with Gasteiger partial charge >= 0.3 is 0 Å². The lowest BCUT2D eigenvalue weighted by Crippen LogP contribution is -2.20. The number of fused-ring (bicyclic) bond motifs is 1. The Balaban J connectivity index is 1.62. The molecule has 132 valence electrons. The summed E-state index contributed by atoms with van der Waals surface area (Å²) in [6, 6.07) is 1.92. The number of aromatic amines is 1. The van der Waals surface area contributed by atoms with Crippen LogP contribution in [0.2, 0.25) is 0 Å². The second-order valence-electron chi connectivity index (χ2n) is 6.46. The summed E-state index contributed by atoms with van der Waals surface area (Å²) in [6.45, 7) is 9.55. The van der Waals surface area contributed by atoms with Gasteiger partial charge in [-0.2, -0.15) is 0 Å². The van der Waals surface area contributed by atoms with Gasteiger partial charge in [0.1, 0.15) is 16.5 Å². The smallest absolute Gasteiger partial charge is 0.259 e. The largest absolute Gasteiger partial charge is 0.311 e. The second kappa shape index (κ2) is 7.41. The number of aryl methyl sites for hydroxylation is 2. The van der Waals surface area contributed by atoms with E-state index in [1.807, 2.05) is 19.9 Å². The van der Waals surface area contributed by atoms with E-state index < -0.39 is 0 Å². The van der Waals surface area contributed by atoms with Gasteiger partial charge in [-0.05, 0) is 25.5 Å². The summed E-state index contributed by atoms with van der Waals surface area (Å²) in [6.07, 6.45) is 2.47. The standard InChI is InChI=1S/C18H23N5OS/c1-10(2)16-20-8-5-13(21-16)9-19-7-6-14-22-17(24)15-11(3)12(4)25-18(15)23-14/h5,8,10,19H,6-7,9H2,1-4H3,(H,22,23,24). The molecule has 0 saturated heterocycles. The molecule has 0 aliphatic heterocycles. The Morgan fingerprint density at radius 1 is 1.28 bits per heavy atom. The van der Waals surface area contributed by atoms with E-state index in [9.17, 15) is 4.79 Å². The summed E-state index contributed by atoms with van der Waals surface area (Å²) in [5, 5.41) is 4.08. The lowest BCUT2D eigenvalue weighted by molar-refractivity contribution is 0.650. The number of hydrogen-bond donors (Lipinski definition) is 2. The predicted molar refractivity (Wildman–Crippen MR) is 101 cm³/mol. The van der Waals surface area contributed by atoms with Crippen LogP contribution in [-0.2, 0) is 13.0 Å². The highest BCUT2D eigenvalue weighted by Crippen LogP contribution is 2.25. The van der Waals surface area contributed by atoms with E-state index in [0.717, 1.165) is 44.5 Å². The molecule has 0 spiro atoms. The summed E-state index contributed by atoms with van der Waals surface area (Å²) < 4.78 is 0. The first-order valence-electron chi connectivity index (χ1n) is 8.47. The van der Waals surface area contributed by atoms with Crippen molar-refractivity contribution in [1.29, 1.82) is 0 Å². The van der Waals surface area contributed by atoms with Crippen molar-refractivity contribution in [2.75, 3.05) is 6.54 Å². The number of aromatic nitrogens is 4. The van der Waals surface area contributed by atoms with Crippen molar-refractivity contribution < 1.29 is 0 Å². The Morgan fingerprint density at radius 2 is 2.08 bits per heavy atom. The van der Waals surface area contributed by atoms with E-state index in [1.165, 1.54) is 0 Å². The molecule has 0 radical (unpaired) electrons. The maximum atomic E-state index is 12.3. The zero-order valence-electron chi connectivity index (χ0n) is 15.0. The minimum atomic E-state index is -0.0424. The second-order valence-corrected chi connectivity index (χ2v) is 7.67. The lowest BCUT2D eigenvalue weighted by atomic mass is 10.2. The number of hydrogen-bond acceptors (Lipinski definition) is 6. The van der Waals surface area contributed by atoms with Crippen LogP contribution in [-0.4, -0.2) is 26.5 Å². The lowest BCUT2D eigenvalue weighted by Gasteiger charge is -2.07. The monoisotopic (exact) mass is 357 g/mol. The van der Waals surface area contributed by atoms with Crippen LogP contribution in [0.5, 0.6) is 0 Å². The Hall–Kier alpha value is -2.12. The van der Waals surface area contributed by atoms with Crippen molar-refractivity contribution in [2.24, 2.45) is 0 Å². The van der Waals surface area contributed by atoms with Crippen molar-refractivity contribution >= 4 is 21.6 Å². The number of H-pyrrole nitrogens is 1. The number of rotatable bonds is 6. The third kappa shape index (κ3) is 3.93. The average molecular weight is 357 g/mol. The van der Waals surface area contributed by atoms with Gasteiger partial charge in [0, 0.05) is 36.5 Å².